The van der Waals surface area contributed by atoms with E-state index in [1.165, 1.54) is 71.1 Å². The molecule has 1 saturated carbocycles. The van der Waals surface area contributed by atoms with Crippen LogP contribution in [-0.2, 0) is 4.74 Å². The first-order chi connectivity index (χ1) is 9.35. The van der Waals surface area contributed by atoms with E-state index in [0.717, 1.165) is 12.0 Å². The second-order valence-electron chi connectivity index (χ2n) is 6.78. The molecule has 0 spiro atoms. The Bertz CT molecular complexity index is 266. The van der Waals surface area contributed by atoms with Gasteiger partial charge in [-0.05, 0) is 44.6 Å². The molecule has 0 aromatic rings. The molecule has 3 heteroatoms. The van der Waals surface area contributed by atoms with Crippen LogP contribution in [0.25, 0.3) is 0 Å². The molecule has 3 fully saturated rings. The van der Waals surface area contributed by atoms with Crippen LogP contribution in [0.5, 0.6) is 0 Å². The molecule has 1 aliphatic carbocycles. The number of hydrogen-bond acceptors (Lipinski definition) is 3. The number of nitrogens with one attached hydrogen (secondary N) is 1. The van der Waals surface area contributed by atoms with Crippen molar-refractivity contribution >= 4 is 0 Å². The Labute approximate surface area is 118 Å². The Balaban J connectivity index is 1.53. The van der Waals surface area contributed by atoms with Gasteiger partial charge in [-0.3, -0.25) is 4.90 Å². The zero-order valence-corrected chi connectivity index (χ0v) is 12.4. The summed E-state index contributed by atoms with van der Waals surface area (Å²) in [5.74, 6) is 0.923. The molecule has 2 aliphatic heterocycles. The zero-order chi connectivity index (χ0) is 13.1. The molecule has 2 heterocycles. The zero-order valence-electron chi connectivity index (χ0n) is 12.4. The summed E-state index contributed by atoms with van der Waals surface area (Å²) in [6.07, 6.45) is 10.7. The first kappa shape index (κ1) is 13.8. The molecule has 3 nitrogen and oxygen atoms in total. The summed E-state index contributed by atoms with van der Waals surface area (Å²) in [5.41, 5.74) is 0. The van der Waals surface area contributed by atoms with Crippen LogP contribution in [-0.4, -0.2) is 49.3 Å². The highest BCUT2D eigenvalue weighted by Crippen LogP contribution is 2.30. The minimum Gasteiger partial charge on any atom is -0.372 e. The molecule has 2 saturated heterocycles. The molecule has 3 rings (SSSR count). The van der Waals surface area contributed by atoms with Crippen molar-refractivity contribution in [3.63, 3.8) is 0 Å². The smallest absolute Gasteiger partial charge is 0.0707 e. The van der Waals surface area contributed by atoms with Gasteiger partial charge in [-0.25, -0.2) is 0 Å². The molecule has 0 aromatic heterocycles. The molecule has 0 radical (unpaired) electrons. The van der Waals surface area contributed by atoms with Crippen LogP contribution in [0.4, 0.5) is 0 Å². The third-order valence-electron chi connectivity index (χ3n) is 5.20. The van der Waals surface area contributed by atoms with Crippen LogP contribution in [0, 0.1) is 5.92 Å². The van der Waals surface area contributed by atoms with E-state index in [1.807, 2.05) is 0 Å². The van der Waals surface area contributed by atoms with Gasteiger partial charge in [0, 0.05) is 25.7 Å². The number of fused-ring (bicyclic) bond motifs is 2. The van der Waals surface area contributed by atoms with Crippen molar-refractivity contribution in [2.75, 3.05) is 26.2 Å². The van der Waals surface area contributed by atoms with Crippen molar-refractivity contribution in [3.8, 4) is 0 Å². The molecular formula is C16H30N2O. The molecule has 0 aromatic carbocycles. The Hall–Kier alpha value is -0.120. The number of morpholine rings is 1. The van der Waals surface area contributed by atoms with Crippen LogP contribution in [0.3, 0.4) is 0 Å². The second kappa shape index (κ2) is 6.55. The first-order valence-corrected chi connectivity index (χ1v) is 8.46. The first-order valence-electron chi connectivity index (χ1n) is 8.46. The van der Waals surface area contributed by atoms with E-state index in [4.69, 9.17) is 4.74 Å². The van der Waals surface area contributed by atoms with Crippen LogP contribution in [0.1, 0.15) is 51.9 Å². The van der Waals surface area contributed by atoms with Gasteiger partial charge in [-0.15, -0.1) is 0 Å². The van der Waals surface area contributed by atoms with E-state index < -0.39 is 0 Å². The van der Waals surface area contributed by atoms with Crippen LogP contribution in [0.15, 0.2) is 0 Å². The van der Waals surface area contributed by atoms with Crippen molar-refractivity contribution < 1.29 is 4.74 Å². The summed E-state index contributed by atoms with van der Waals surface area (Å²) in [6, 6.07) is 0.722. The van der Waals surface area contributed by atoms with E-state index in [9.17, 15) is 0 Å². The maximum atomic E-state index is 5.95. The maximum absolute atomic E-state index is 5.95. The van der Waals surface area contributed by atoms with Gasteiger partial charge >= 0.3 is 0 Å². The van der Waals surface area contributed by atoms with Crippen molar-refractivity contribution in [1.82, 2.24) is 10.2 Å². The number of likely N-dealkylation sites (tertiary alicyclic amines) is 1. The molecule has 3 atom stereocenters. The SMILES string of the molecule is CCCNC(CN1CC2CCC(C1)O2)C1CCCC1. The fraction of sp³-hybridized carbons (Fsp3) is 1.00. The molecule has 19 heavy (non-hydrogen) atoms. The predicted octanol–water partition coefficient (Wildman–Crippen LogP) is 2.41. The Morgan fingerprint density at radius 1 is 1.11 bits per heavy atom. The number of rotatable bonds is 6. The fourth-order valence-electron chi connectivity index (χ4n) is 4.20. The average molecular weight is 266 g/mol. The number of hydrogen-bond donors (Lipinski definition) is 1. The maximum Gasteiger partial charge on any atom is 0.0707 e. The van der Waals surface area contributed by atoms with E-state index in [1.54, 1.807) is 0 Å². The minimum absolute atomic E-state index is 0.536. The van der Waals surface area contributed by atoms with Crippen LogP contribution in [0.2, 0.25) is 0 Å². The average Bonchev–Trinajstić information content (AvgIpc) is 3.05. The lowest BCUT2D eigenvalue weighted by Crippen LogP contribution is -2.51. The van der Waals surface area contributed by atoms with Crippen molar-refractivity contribution in [2.24, 2.45) is 5.92 Å². The highest BCUT2D eigenvalue weighted by atomic mass is 16.5. The minimum atomic E-state index is 0.536. The topological polar surface area (TPSA) is 24.5 Å². The number of nitrogens with zero attached hydrogens (tertiary/aromatic N) is 1. The van der Waals surface area contributed by atoms with Crippen molar-refractivity contribution in [3.05, 3.63) is 0 Å². The lowest BCUT2D eigenvalue weighted by Gasteiger charge is -2.36. The molecule has 1 N–H and O–H groups in total. The Kier molecular flexibility index (Phi) is 4.78. The van der Waals surface area contributed by atoms with E-state index in [0.29, 0.717) is 12.2 Å². The summed E-state index contributed by atoms with van der Waals surface area (Å²) in [4.78, 5) is 2.68. The number of ether oxygens (including phenoxy) is 1. The Morgan fingerprint density at radius 3 is 2.42 bits per heavy atom. The van der Waals surface area contributed by atoms with Gasteiger partial charge in [0.2, 0.25) is 0 Å². The van der Waals surface area contributed by atoms with Gasteiger partial charge in [0.1, 0.15) is 0 Å². The van der Waals surface area contributed by atoms with Gasteiger partial charge in [0.15, 0.2) is 0 Å². The highest BCUT2D eigenvalue weighted by Gasteiger charge is 2.35. The van der Waals surface area contributed by atoms with Crippen molar-refractivity contribution in [2.45, 2.75) is 70.1 Å². The third-order valence-corrected chi connectivity index (χ3v) is 5.20. The molecular weight excluding hydrogens is 236 g/mol. The van der Waals surface area contributed by atoms with Crippen molar-refractivity contribution in [1.29, 1.82) is 0 Å². The molecule has 3 aliphatic rings. The van der Waals surface area contributed by atoms with Crippen LogP contribution < -0.4 is 5.32 Å². The molecule has 110 valence electrons. The Morgan fingerprint density at radius 2 is 1.79 bits per heavy atom. The summed E-state index contributed by atoms with van der Waals surface area (Å²) >= 11 is 0. The molecule has 0 amide bonds. The second-order valence-corrected chi connectivity index (χ2v) is 6.78. The summed E-state index contributed by atoms with van der Waals surface area (Å²) < 4.78 is 5.95. The quantitative estimate of drug-likeness (QED) is 0.799. The lowest BCUT2D eigenvalue weighted by atomic mass is 9.97. The normalized spacial score (nSPS) is 33.9. The predicted molar refractivity (Wildman–Crippen MR) is 78.4 cm³/mol. The van der Waals surface area contributed by atoms with Gasteiger partial charge in [-0.1, -0.05) is 19.8 Å². The summed E-state index contributed by atoms with van der Waals surface area (Å²) in [7, 11) is 0. The highest BCUT2D eigenvalue weighted by molar-refractivity contribution is 4.89. The van der Waals surface area contributed by atoms with E-state index in [-0.39, 0.29) is 0 Å². The van der Waals surface area contributed by atoms with Gasteiger partial charge in [0.25, 0.3) is 0 Å². The summed E-state index contributed by atoms with van der Waals surface area (Å²) in [5, 5.41) is 3.83. The van der Waals surface area contributed by atoms with Gasteiger partial charge in [0.05, 0.1) is 12.2 Å². The van der Waals surface area contributed by atoms with E-state index in [2.05, 4.69) is 17.1 Å². The van der Waals surface area contributed by atoms with Gasteiger partial charge < -0.3 is 10.1 Å². The lowest BCUT2D eigenvalue weighted by molar-refractivity contribution is -0.0423. The monoisotopic (exact) mass is 266 g/mol. The standard InChI is InChI=1S/C16H30N2O/c1-2-9-17-16(13-5-3-4-6-13)12-18-10-14-7-8-15(11-18)19-14/h13-17H,2-12H2,1H3. The molecule has 3 unspecified atom stereocenters. The molecule has 2 bridgehead atoms. The van der Waals surface area contributed by atoms with E-state index >= 15 is 0 Å². The summed E-state index contributed by atoms with van der Waals surface area (Å²) in [6.45, 7) is 7.05. The van der Waals surface area contributed by atoms with Crippen LogP contribution >= 0.6 is 0 Å². The largest absolute Gasteiger partial charge is 0.372 e. The van der Waals surface area contributed by atoms with Gasteiger partial charge in [-0.2, -0.15) is 0 Å². The fourth-order valence-corrected chi connectivity index (χ4v) is 4.20. The third kappa shape index (κ3) is 3.50.